The molecule has 84 valence electrons. The van der Waals surface area contributed by atoms with Crippen LogP contribution in [0.25, 0.3) is 0 Å². The van der Waals surface area contributed by atoms with Gasteiger partial charge in [0.15, 0.2) is 0 Å². The average molecular weight is 215 g/mol. The molecule has 0 atom stereocenters. The number of hydrogen-bond donors (Lipinski definition) is 2. The fourth-order valence-electron chi connectivity index (χ4n) is 2.79. The quantitative estimate of drug-likeness (QED) is 0.709. The van der Waals surface area contributed by atoms with Gasteiger partial charge in [-0.05, 0) is 37.6 Å². The van der Waals surface area contributed by atoms with E-state index in [1.165, 1.54) is 6.04 Å². The van der Waals surface area contributed by atoms with Crippen LogP contribution in [0, 0.1) is 5.41 Å². The van der Waals surface area contributed by atoms with Crippen molar-refractivity contribution in [2.75, 3.05) is 6.54 Å². The number of aliphatic hydroxyl groups excluding tert-OH is 1. The molecule has 1 fully saturated rings. The van der Waals surface area contributed by atoms with E-state index in [2.05, 4.69) is 19.6 Å². The molecule has 2 nitrogen and oxygen atoms in total. The zero-order chi connectivity index (χ0) is 10.8. The minimum atomic E-state index is -1.02. The number of aliphatic hydroxyl groups is 1. The van der Waals surface area contributed by atoms with Crippen molar-refractivity contribution in [3.8, 4) is 0 Å². The van der Waals surface area contributed by atoms with Crippen LogP contribution in [0.1, 0.15) is 25.7 Å². The molecule has 0 spiro atoms. The molecule has 1 aliphatic carbocycles. The van der Waals surface area contributed by atoms with Crippen molar-refractivity contribution in [1.29, 1.82) is 0 Å². The van der Waals surface area contributed by atoms with Crippen LogP contribution in [0.3, 0.4) is 0 Å². The molecular weight excluding hydrogens is 190 g/mol. The van der Waals surface area contributed by atoms with E-state index < -0.39 is 8.07 Å². The van der Waals surface area contributed by atoms with Gasteiger partial charge in [0.25, 0.3) is 0 Å². The molecule has 14 heavy (non-hydrogen) atoms. The summed E-state index contributed by atoms with van der Waals surface area (Å²) in [6.45, 7) is 8.05. The maximum absolute atomic E-state index is 9.51. The zero-order valence-corrected chi connectivity index (χ0v) is 10.8. The minimum Gasteiger partial charge on any atom is -0.393 e. The molecule has 0 bridgehead atoms. The van der Waals surface area contributed by atoms with Gasteiger partial charge >= 0.3 is 0 Å². The Kier molecular flexibility index (Phi) is 3.78. The molecule has 0 amide bonds. The third-order valence-corrected chi connectivity index (χ3v) is 5.16. The lowest BCUT2D eigenvalue weighted by atomic mass is 9.74. The third-order valence-electron chi connectivity index (χ3n) is 3.35. The molecule has 1 rings (SSSR count). The molecule has 0 heterocycles. The van der Waals surface area contributed by atoms with Crippen LogP contribution >= 0.6 is 0 Å². The summed E-state index contributed by atoms with van der Waals surface area (Å²) in [5.41, 5.74) is 6.30. The fourth-order valence-corrected chi connectivity index (χ4v) is 5.54. The summed E-state index contributed by atoms with van der Waals surface area (Å²) >= 11 is 0. The molecular formula is C11H25NOSi. The van der Waals surface area contributed by atoms with Crippen molar-refractivity contribution in [1.82, 2.24) is 0 Å². The van der Waals surface area contributed by atoms with Gasteiger partial charge in [0.1, 0.15) is 0 Å². The van der Waals surface area contributed by atoms with Crippen molar-refractivity contribution in [3.05, 3.63) is 0 Å². The standard InChI is InChI=1S/C11H25NOSi/c1-14(2,3)9-11(8-12)6-4-10(13)5-7-11/h10,13H,4-9,12H2,1-3H3. The van der Waals surface area contributed by atoms with Crippen molar-refractivity contribution in [2.45, 2.75) is 57.5 Å². The highest BCUT2D eigenvalue weighted by atomic mass is 28.3. The molecule has 0 aliphatic heterocycles. The molecule has 0 aromatic carbocycles. The SMILES string of the molecule is C[Si](C)(C)CC1(CN)CCC(O)CC1. The van der Waals surface area contributed by atoms with Gasteiger partial charge in [0.05, 0.1) is 6.10 Å². The molecule has 0 unspecified atom stereocenters. The van der Waals surface area contributed by atoms with Crippen LogP contribution in [-0.2, 0) is 0 Å². The average Bonchev–Trinajstić information content (AvgIpc) is 2.07. The highest BCUT2D eigenvalue weighted by Gasteiger charge is 2.37. The summed E-state index contributed by atoms with van der Waals surface area (Å²) in [5, 5.41) is 9.51. The Balaban J connectivity index is 2.59. The predicted octanol–water partition coefficient (Wildman–Crippen LogP) is 2.20. The summed E-state index contributed by atoms with van der Waals surface area (Å²) in [5.74, 6) is 0. The van der Waals surface area contributed by atoms with Gasteiger partial charge in [0, 0.05) is 8.07 Å². The van der Waals surface area contributed by atoms with E-state index in [0.717, 1.165) is 32.2 Å². The van der Waals surface area contributed by atoms with Crippen LogP contribution in [-0.4, -0.2) is 25.8 Å². The topological polar surface area (TPSA) is 46.2 Å². The first-order valence-corrected chi connectivity index (χ1v) is 9.46. The maximum atomic E-state index is 9.51. The molecule has 0 radical (unpaired) electrons. The fraction of sp³-hybridized carbons (Fsp3) is 1.00. The Morgan fingerprint density at radius 3 is 2.14 bits per heavy atom. The van der Waals surface area contributed by atoms with Crippen LogP contribution in [0.2, 0.25) is 25.7 Å². The van der Waals surface area contributed by atoms with E-state index in [1.54, 1.807) is 0 Å². The van der Waals surface area contributed by atoms with E-state index in [-0.39, 0.29) is 6.10 Å². The lowest BCUT2D eigenvalue weighted by Crippen LogP contribution is -2.41. The molecule has 1 saturated carbocycles. The highest BCUT2D eigenvalue weighted by molar-refractivity contribution is 6.76. The summed E-state index contributed by atoms with van der Waals surface area (Å²) in [6.07, 6.45) is 4.13. The minimum absolute atomic E-state index is 0.0590. The van der Waals surface area contributed by atoms with Gasteiger partial charge in [-0.25, -0.2) is 0 Å². The number of hydrogen-bond acceptors (Lipinski definition) is 2. The molecule has 0 aromatic rings. The molecule has 3 N–H and O–H groups in total. The van der Waals surface area contributed by atoms with Crippen molar-refractivity contribution >= 4 is 8.07 Å². The smallest absolute Gasteiger partial charge is 0.0540 e. The normalized spacial score (nSPS) is 34.5. The summed E-state index contributed by atoms with van der Waals surface area (Å²) < 4.78 is 0. The largest absolute Gasteiger partial charge is 0.393 e. The first kappa shape index (κ1) is 12.2. The Morgan fingerprint density at radius 1 is 1.29 bits per heavy atom. The Bertz CT molecular complexity index is 180. The summed E-state index contributed by atoms with van der Waals surface area (Å²) in [4.78, 5) is 0. The highest BCUT2D eigenvalue weighted by Crippen LogP contribution is 2.41. The van der Waals surface area contributed by atoms with Gasteiger partial charge in [-0.1, -0.05) is 25.7 Å². The second kappa shape index (κ2) is 4.33. The monoisotopic (exact) mass is 215 g/mol. The zero-order valence-electron chi connectivity index (χ0n) is 9.84. The molecule has 0 saturated heterocycles. The third kappa shape index (κ3) is 3.37. The first-order chi connectivity index (χ1) is 6.37. The molecule has 1 aliphatic rings. The molecule has 3 heteroatoms. The van der Waals surface area contributed by atoms with Gasteiger partial charge < -0.3 is 10.8 Å². The lowest BCUT2D eigenvalue weighted by Gasteiger charge is -2.41. The van der Waals surface area contributed by atoms with E-state index in [0.29, 0.717) is 5.41 Å². The number of nitrogens with two attached hydrogens (primary N) is 1. The molecule has 0 aromatic heterocycles. The summed E-state index contributed by atoms with van der Waals surface area (Å²) in [6, 6.07) is 1.32. The van der Waals surface area contributed by atoms with Crippen molar-refractivity contribution in [3.63, 3.8) is 0 Å². The van der Waals surface area contributed by atoms with Gasteiger partial charge in [-0.3, -0.25) is 0 Å². The van der Waals surface area contributed by atoms with E-state index >= 15 is 0 Å². The Labute approximate surface area is 88.9 Å². The Hall–Kier alpha value is 0.137. The van der Waals surface area contributed by atoms with E-state index in [1.807, 2.05) is 0 Å². The predicted molar refractivity (Wildman–Crippen MR) is 64.1 cm³/mol. The second-order valence-electron chi connectivity index (χ2n) is 6.17. The maximum Gasteiger partial charge on any atom is 0.0540 e. The summed E-state index contributed by atoms with van der Waals surface area (Å²) in [7, 11) is -1.02. The van der Waals surface area contributed by atoms with E-state index in [4.69, 9.17) is 5.73 Å². The van der Waals surface area contributed by atoms with Crippen LogP contribution in [0.4, 0.5) is 0 Å². The van der Waals surface area contributed by atoms with Gasteiger partial charge in [-0.2, -0.15) is 0 Å². The van der Waals surface area contributed by atoms with Crippen LogP contribution in [0.15, 0.2) is 0 Å². The van der Waals surface area contributed by atoms with Gasteiger partial charge in [0.2, 0.25) is 0 Å². The number of rotatable bonds is 3. The van der Waals surface area contributed by atoms with Gasteiger partial charge in [-0.15, -0.1) is 0 Å². The lowest BCUT2D eigenvalue weighted by molar-refractivity contribution is 0.0748. The second-order valence-corrected chi connectivity index (χ2v) is 11.6. The van der Waals surface area contributed by atoms with Crippen LogP contribution < -0.4 is 5.73 Å². The van der Waals surface area contributed by atoms with E-state index in [9.17, 15) is 5.11 Å². The van der Waals surface area contributed by atoms with Crippen LogP contribution in [0.5, 0.6) is 0 Å². The Morgan fingerprint density at radius 2 is 1.79 bits per heavy atom. The van der Waals surface area contributed by atoms with Crippen molar-refractivity contribution in [2.24, 2.45) is 11.1 Å². The first-order valence-electron chi connectivity index (χ1n) is 5.75. The van der Waals surface area contributed by atoms with Crippen molar-refractivity contribution < 1.29 is 5.11 Å².